The number of likely N-dealkylation sites (tertiary alicyclic amines) is 1. The van der Waals surface area contributed by atoms with Crippen LogP contribution in [0, 0.1) is 11.3 Å². The highest BCUT2D eigenvalue weighted by Crippen LogP contribution is 2.12. The maximum Gasteiger partial charge on any atom is 0.119 e. The molecule has 3 nitrogen and oxygen atoms in total. The highest BCUT2D eigenvalue weighted by Gasteiger charge is 2.10. The predicted octanol–water partition coefficient (Wildman–Crippen LogP) is 2.03. The Morgan fingerprint density at radius 3 is 2.50 bits per heavy atom. The van der Waals surface area contributed by atoms with Crippen LogP contribution in [0.2, 0.25) is 0 Å². The number of benzene rings is 1. The molecule has 1 aromatic rings. The molecule has 1 aliphatic heterocycles. The highest BCUT2D eigenvalue weighted by atomic mass is 16.5. The first-order valence-electron chi connectivity index (χ1n) is 5.74. The molecule has 1 aliphatic rings. The van der Waals surface area contributed by atoms with Gasteiger partial charge in [0.1, 0.15) is 12.4 Å². The zero-order chi connectivity index (χ0) is 11.2. The van der Waals surface area contributed by atoms with Crippen LogP contribution in [0.3, 0.4) is 0 Å². The van der Waals surface area contributed by atoms with Crippen LogP contribution in [-0.2, 0) is 0 Å². The summed E-state index contributed by atoms with van der Waals surface area (Å²) in [5.74, 6) is 0.846. The Hall–Kier alpha value is -1.53. The van der Waals surface area contributed by atoms with E-state index in [4.69, 9.17) is 10.00 Å². The van der Waals surface area contributed by atoms with Crippen molar-refractivity contribution in [3.8, 4) is 11.8 Å². The van der Waals surface area contributed by atoms with Crippen LogP contribution in [0.1, 0.15) is 18.4 Å². The topological polar surface area (TPSA) is 36.3 Å². The molecule has 0 aliphatic carbocycles. The van der Waals surface area contributed by atoms with Crippen molar-refractivity contribution >= 4 is 0 Å². The van der Waals surface area contributed by atoms with Gasteiger partial charge in [0.05, 0.1) is 11.6 Å². The fourth-order valence-corrected chi connectivity index (χ4v) is 1.92. The van der Waals surface area contributed by atoms with Gasteiger partial charge in [-0.1, -0.05) is 0 Å². The first-order chi connectivity index (χ1) is 7.88. The second-order valence-corrected chi connectivity index (χ2v) is 4.03. The smallest absolute Gasteiger partial charge is 0.119 e. The molecule has 0 aromatic heterocycles. The maximum atomic E-state index is 8.65. The summed E-state index contributed by atoms with van der Waals surface area (Å²) in [6, 6.07) is 9.36. The fourth-order valence-electron chi connectivity index (χ4n) is 1.92. The van der Waals surface area contributed by atoms with Crippen molar-refractivity contribution in [2.75, 3.05) is 26.2 Å². The van der Waals surface area contributed by atoms with Gasteiger partial charge in [0.25, 0.3) is 0 Å². The molecule has 1 aromatic carbocycles. The van der Waals surface area contributed by atoms with E-state index >= 15 is 0 Å². The molecule has 0 N–H and O–H groups in total. The summed E-state index contributed by atoms with van der Waals surface area (Å²) >= 11 is 0. The number of nitriles is 1. The van der Waals surface area contributed by atoms with Crippen LogP contribution in [0.5, 0.6) is 5.75 Å². The summed E-state index contributed by atoms with van der Waals surface area (Å²) in [6.45, 7) is 4.14. The van der Waals surface area contributed by atoms with E-state index in [2.05, 4.69) is 11.0 Å². The quantitative estimate of drug-likeness (QED) is 0.772. The normalized spacial score (nSPS) is 15.9. The molecular formula is C13H16N2O. The summed E-state index contributed by atoms with van der Waals surface area (Å²) < 4.78 is 5.62. The van der Waals surface area contributed by atoms with Crippen molar-refractivity contribution < 1.29 is 4.74 Å². The number of hydrogen-bond donors (Lipinski definition) is 0. The van der Waals surface area contributed by atoms with Crippen molar-refractivity contribution in [2.24, 2.45) is 0 Å². The van der Waals surface area contributed by atoms with Gasteiger partial charge in [-0.3, -0.25) is 4.90 Å². The van der Waals surface area contributed by atoms with E-state index in [0.717, 1.165) is 18.9 Å². The van der Waals surface area contributed by atoms with E-state index < -0.39 is 0 Å². The Morgan fingerprint density at radius 2 is 1.88 bits per heavy atom. The summed E-state index contributed by atoms with van der Waals surface area (Å²) in [6.07, 6.45) is 2.63. The largest absolute Gasteiger partial charge is 0.492 e. The summed E-state index contributed by atoms with van der Waals surface area (Å²) in [5.41, 5.74) is 0.673. The molecule has 1 fully saturated rings. The number of nitrogens with zero attached hydrogens (tertiary/aromatic N) is 2. The number of ether oxygens (including phenoxy) is 1. The minimum atomic E-state index is 0.673. The lowest BCUT2D eigenvalue weighted by Gasteiger charge is -2.14. The second kappa shape index (κ2) is 5.53. The molecule has 0 atom stereocenters. The summed E-state index contributed by atoms with van der Waals surface area (Å²) in [4.78, 5) is 2.42. The molecule has 0 spiro atoms. The highest BCUT2D eigenvalue weighted by molar-refractivity contribution is 5.34. The number of hydrogen-bond acceptors (Lipinski definition) is 3. The lowest BCUT2D eigenvalue weighted by molar-refractivity contribution is 0.238. The first kappa shape index (κ1) is 11.0. The van der Waals surface area contributed by atoms with Gasteiger partial charge in [-0.15, -0.1) is 0 Å². The average molecular weight is 216 g/mol. The maximum absolute atomic E-state index is 8.65. The van der Waals surface area contributed by atoms with Gasteiger partial charge >= 0.3 is 0 Å². The summed E-state index contributed by atoms with van der Waals surface area (Å²) in [7, 11) is 0. The van der Waals surface area contributed by atoms with Gasteiger partial charge in [0, 0.05) is 6.54 Å². The molecule has 0 saturated carbocycles. The number of rotatable bonds is 4. The van der Waals surface area contributed by atoms with Crippen molar-refractivity contribution in [1.82, 2.24) is 4.90 Å². The Morgan fingerprint density at radius 1 is 1.19 bits per heavy atom. The van der Waals surface area contributed by atoms with Crippen molar-refractivity contribution in [1.29, 1.82) is 5.26 Å². The van der Waals surface area contributed by atoms with E-state index in [9.17, 15) is 0 Å². The van der Waals surface area contributed by atoms with Gasteiger partial charge in [-0.05, 0) is 50.2 Å². The van der Waals surface area contributed by atoms with Crippen LogP contribution in [0.25, 0.3) is 0 Å². The first-order valence-corrected chi connectivity index (χ1v) is 5.74. The second-order valence-electron chi connectivity index (χ2n) is 4.03. The molecule has 16 heavy (non-hydrogen) atoms. The average Bonchev–Trinajstić information content (AvgIpc) is 2.83. The zero-order valence-electron chi connectivity index (χ0n) is 9.35. The van der Waals surface area contributed by atoms with E-state index in [1.54, 1.807) is 12.1 Å². The van der Waals surface area contributed by atoms with Crippen LogP contribution in [0.15, 0.2) is 24.3 Å². The predicted molar refractivity (Wildman–Crippen MR) is 62.3 cm³/mol. The van der Waals surface area contributed by atoms with Crippen molar-refractivity contribution in [2.45, 2.75) is 12.8 Å². The molecule has 1 heterocycles. The SMILES string of the molecule is N#Cc1ccc(OCCN2CCCC2)cc1. The third kappa shape index (κ3) is 2.98. The molecular weight excluding hydrogens is 200 g/mol. The lowest BCUT2D eigenvalue weighted by atomic mass is 10.2. The third-order valence-corrected chi connectivity index (χ3v) is 2.86. The molecule has 0 unspecified atom stereocenters. The van der Waals surface area contributed by atoms with Crippen molar-refractivity contribution in [3.05, 3.63) is 29.8 Å². The molecule has 0 amide bonds. The summed E-state index contributed by atoms with van der Waals surface area (Å²) in [5, 5.41) is 8.65. The van der Waals surface area contributed by atoms with Gasteiger partial charge in [0.2, 0.25) is 0 Å². The minimum absolute atomic E-state index is 0.673. The van der Waals surface area contributed by atoms with Gasteiger partial charge in [0.15, 0.2) is 0 Å². The molecule has 0 radical (unpaired) electrons. The Kier molecular flexibility index (Phi) is 3.79. The lowest BCUT2D eigenvalue weighted by Crippen LogP contribution is -2.25. The molecule has 0 bridgehead atoms. The van der Waals surface area contributed by atoms with Gasteiger partial charge in [-0.25, -0.2) is 0 Å². The van der Waals surface area contributed by atoms with Crippen molar-refractivity contribution in [3.63, 3.8) is 0 Å². The fraction of sp³-hybridized carbons (Fsp3) is 0.462. The van der Waals surface area contributed by atoms with Crippen LogP contribution < -0.4 is 4.74 Å². The Bertz CT molecular complexity index is 361. The Balaban J connectivity index is 1.74. The monoisotopic (exact) mass is 216 g/mol. The standard InChI is InChI=1S/C13H16N2O/c14-11-12-3-5-13(6-4-12)16-10-9-15-7-1-2-8-15/h3-6H,1-2,7-10H2. The van der Waals surface area contributed by atoms with E-state index in [1.807, 2.05) is 12.1 Å². The molecule has 1 saturated heterocycles. The van der Waals surface area contributed by atoms with E-state index in [-0.39, 0.29) is 0 Å². The van der Waals surface area contributed by atoms with Crippen LogP contribution >= 0.6 is 0 Å². The van der Waals surface area contributed by atoms with Gasteiger partial charge < -0.3 is 4.74 Å². The molecule has 2 rings (SSSR count). The van der Waals surface area contributed by atoms with Crippen LogP contribution in [0.4, 0.5) is 0 Å². The van der Waals surface area contributed by atoms with Gasteiger partial charge in [-0.2, -0.15) is 5.26 Å². The van der Waals surface area contributed by atoms with E-state index in [0.29, 0.717) is 5.56 Å². The molecule has 3 heteroatoms. The zero-order valence-corrected chi connectivity index (χ0v) is 9.35. The Labute approximate surface area is 96.2 Å². The third-order valence-electron chi connectivity index (χ3n) is 2.86. The van der Waals surface area contributed by atoms with E-state index in [1.165, 1.54) is 25.9 Å². The van der Waals surface area contributed by atoms with Crippen LogP contribution in [-0.4, -0.2) is 31.1 Å². The minimum Gasteiger partial charge on any atom is -0.492 e. The molecule has 84 valence electrons.